The number of alkyl halides is 3. The summed E-state index contributed by atoms with van der Waals surface area (Å²) in [5, 5.41) is 2.67. The molecule has 0 spiro atoms. The largest absolute Gasteiger partial charge is 0.418 e. The number of benzene rings is 1. The molecule has 3 N–H and O–H groups in total. The van der Waals surface area contributed by atoms with Crippen molar-refractivity contribution in [1.82, 2.24) is 5.32 Å². The van der Waals surface area contributed by atoms with Crippen LogP contribution in [0.3, 0.4) is 0 Å². The molecule has 1 aromatic carbocycles. The molecule has 1 amide bonds. The molecule has 112 valence electrons. The molecule has 0 atom stereocenters. The zero-order valence-corrected chi connectivity index (χ0v) is 11.6. The van der Waals surface area contributed by atoms with Gasteiger partial charge in [-0.3, -0.25) is 4.79 Å². The Morgan fingerprint density at radius 3 is 2.50 bits per heavy atom. The smallest absolute Gasteiger partial charge is 0.398 e. The Bertz CT molecular complexity index is 486. The highest BCUT2D eigenvalue weighted by Crippen LogP contribution is 2.35. The number of carbonyl (C=O) groups excluding carboxylic acids is 1. The third kappa shape index (κ3) is 4.32. The van der Waals surface area contributed by atoms with Crippen molar-refractivity contribution in [2.75, 3.05) is 24.2 Å². The van der Waals surface area contributed by atoms with Gasteiger partial charge in [0.05, 0.1) is 12.1 Å². The Kier molecular flexibility index (Phi) is 4.86. The van der Waals surface area contributed by atoms with Crippen LogP contribution >= 0.6 is 0 Å². The van der Waals surface area contributed by atoms with E-state index >= 15 is 0 Å². The lowest BCUT2D eigenvalue weighted by Crippen LogP contribution is -2.38. The van der Waals surface area contributed by atoms with Crippen molar-refractivity contribution in [3.05, 3.63) is 23.8 Å². The summed E-state index contributed by atoms with van der Waals surface area (Å²) in [6, 6.07) is 3.56. The van der Waals surface area contributed by atoms with Crippen LogP contribution in [0.2, 0.25) is 0 Å². The quantitative estimate of drug-likeness (QED) is 0.836. The summed E-state index contributed by atoms with van der Waals surface area (Å²) in [5.74, 6) is -0.257. The first-order valence-electron chi connectivity index (χ1n) is 6.08. The van der Waals surface area contributed by atoms with Crippen molar-refractivity contribution in [2.24, 2.45) is 0 Å². The van der Waals surface area contributed by atoms with E-state index in [4.69, 9.17) is 5.73 Å². The molecule has 4 nitrogen and oxygen atoms in total. The SMILES string of the molecule is CC(C)NC(=O)CN(C)c1ccc(N)c(C(F)(F)F)c1. The Balaban J connectivity index is 2.89. The molecule has 7 heteroatoms. The molecule has 0 aliphatic rings. The molecular weight excluding hydrogens is 271 g/mol. The molecule has 0 saturated carbocycles. The number of rotatable bonds is 4. The second-order valence-corrected chi connectivity index (χ2v) is 4.85. The van der Waals surface area contributed by atoms with Gasteiger partial charge in [-0.1, -0.05) is 0 Å². The monoisotopic (exact) mass is 289 g/mol. The molecule has 0 fully saturated rings. The fourth-order valence-electron chi connectivity index (χ4n) is 1.70. The number of carbonyl (C=O) groups is 1. The van der Waals surface area contributed by atoms with Crippen LogP contribution < -0.4 is 16.0 Å². The molecule has 0 aliphatic heterocycles. The van der Waals surface area contributed by atoms with Gasteiger partial charge in [0, 0.05) is 24.5 Å². The maximum Gasteiger partial charge on any atom is 0.418 e. The van der Waals surface area contributed by atoms with E-state index in [1.165, 1.54) is 17.0 Å². The van der Waals surface area contributed by atoms with Crippen LogP contribution in [0.15, 0.2) is 18.2 Å². The number of halogens is 3. The van der Waals surface area contributed by atoms with Gasteiger partial charge < -0.3 is 16.0 Å². The zero-order chi connectivity index (χ0) is 15.5. The van der Waals surface area contributed by atoms with Crippen molar-refractivity contribution in [3.63, 3.8) is 0 Å². The predicted octanol–water partition coefficient (Wildman–Crippen LogP) is 2.25. The number of hydrogen-bond donors (Lipinski definition) is 2. The Labute approximate surface area is 115 Å². The van der Waals surface area contributed by atoms with Crippen LogP contribution in [0.4, 0.5) is 24.5 Å². The van der Waals surface area contributed by atoms with Gasteiger partial charge in [0.25, 0.3) is 0 Å². The van der Waals surface area contributed by atoms with Crippen LogP contribution in [-0.4, -0.2) is 25.5 Å². The zero-order valence-electron chi connectivity index (χ0n) is 11.6. The van der Waals surface area contributed by atoms with Crippen molar-refractivity contribution in [2.45, 2.75) is 26.1 Å². The van der Waals surface area contributed by atoms with Gasteiger partial charge in [-0.15, -0.1) is 0 Å². The average molecular weight is 289 g/mol. The Hall–Kier alpha value is -1.92. The van der Waals surface area contributed by atoms with Gasteiger partial charge >= 0.3 is 6.18 Å². The van der Waals surface area contributed by atoms with E-state index in [0.717, 1.165) is 6.07 Å². The normalized spacial score (nSPS) is 11.6. The van der Waals surface area contributed by atoms with Gasteiger partial charge in [0.2, 0.25) is 5.91 Å². The molecule has 0 heterocycles. The van der Waals surface area contributed by atoms with Gasteiger partial charge in [-0.25, -0.2) is 0 Å². The van der Waals surface area contributed by atoms with Crippen molar-refractivity contribution in [1.29, 1.82) is 0 Å². The third-order valence-electron chi connectivity index (χ3n) is 2.61. The summed E-state index contributed by atoms with van der Waals surface area (Å²) >= 11 is 0. The summed E-state index contributed by atoms with van der Waals surface area (Å²) < 4.78 is 38.2. The molecule has 0 aliphatic carbocycles. The van der Waals surface area contributed by atoms with Gasteiger partial charge in [-0.2, -0.15) is 13.2 Å². The number of hydrogen-bond acceptors (Lipinski definition) is 3. The van der Waals surface area contributed by atoms with Gasteiger partial charge in [0.1, 0.15) is 0 Å². The highest BCUT2D eigenvalue weighted by Gasteiger charge is 2.33. The molecule has 1 rings (SSSR count). The van der Waals surface area contributed by atoms with Crippen molar-refractivity contribution in [3.8, 4) is 0 Å². The van der Waals surface area contributed by atoms with E-state index in [1.54, 1.807) is 7.05 Å². The summed E-state index contributed by atoms with van der Waals surface area (Å²) in [4.78, 5) is 13.0. The van der Waals surface area contributed by atoms with E-state index in [2.05, 4.69) is 5.32 Å². The summed E-state index contributed by atoms with van der Waals surface area (Å²) in [5.41, 5.74) is 4.38. The molecule has 0 radical (unpaired) electrons. The number of nitrogen functional groups attached to an aromatic ring is 1. The van der Waals surface area contributed by atoms with E-state index in [0.29, 0.717) is 0 Å². The predicted molar refractivity (Wildman–Crippen MR) is 72.4 cm³/mol. The first kappa shape index (κ1) is 16.1. The Morgan fingerprint density at radius 2 is 2.00 bits per heavy atom. The molecule has 0 unspecified atom stereocenters. The summed E-state index contributed by atoms with van der Waals surface area (Å²) in [6.07, 6.45) is -4.51. The lowest BCUT2D eigenvalue weighted by atomic mass is 10.1. The topological polar surface area (TPSA) is 58.4 Å². The van der Waals surface area contributed by atoms with Crippen molar-refractivity contribution >= 4 is 17.3 Å². The number of anilines is 2. The fourth-order valence-corrected chi connectivity index (χ4v) is 1.70. The molecular formula is C13H18F3N3O. The molecule has 0 bridgehead atoms. The lowest BCUT2D eigenvalue weighted by molar-refractivity contribution is -0.136. The summed E-state index contributed by atoms with van der Waals surface area (Å²) in [7, 11) is 1.55. The summed E-state index contributed by atoms with van der Waals surface area (Å²) in [6.45, 7) is 3.59. The number of nitrogens with two attached hydrogens (primary N) is 1. The maximum atomic E-state index is 12.7. The minimum Gasteiger partial charge on any atom is -0.398 e. The van der Waals surface area contributed by atoms with Crippen LogP contribution in [0.5, 0.6) is 0 Å². The Morgan fingerprint density at radius 1 is 1.40 bits per heavy atom. The average Bonchev–Trinajstić information content (AvgIpc) is 2.26. The van der Waals surface area contributed by atoms with E-state index in [-0.39, 0.29) is 29.9 Å². The lowest BCUT2D eigenvalue weighted by Gasteiger charge is -2.21. The first-order valence-corrected chi connectivity index (χ1v) is 6.08. The second-order valence-electron chi connectivity index (χ2n) is 4.85. The third-order valence-corrected chi connectivity index (χ3v) is 2.61. The van der Waals surface area contributed by atoms with E-state index in [9.17, 15) is 18.0 Å². The van der Waals surface area contributed by atoms with E-state index < -0.39 is 11.7 Å². The number of likely N-dealkylation sites (N-methyl/N-ethyl adjacent to an activating group) is 1. The standard InChI is InChI=1S/C13H18F3N3O/c1-8(2)18-12(20)7-19(3)9-4-5-11(17)10(6-9)13(14,15)16/h4-6,8H,7,17H2,1-3H3,(H,18,20). The van der Waals surface area contributed by atoms with Crippen LogP contribution in [0.1, 0.15) is 19.4 Å². The van der Waals surface area contributed by atoms with Crippen molar-refractivity contribution < 1.29 is 18.0 Å². The second kappa shape index (κ2) is 6.02. The molecule has 0 aromatic heterocycles. The fraction of sp³-hybridized carbons (Fsp3) is 0.462. The molecule has 1 aromatic rings. The minimum atomic E-state index is -4.51. The number of nitrogens with one attached hydrogen (secondary N) is 1. The first-order chi connectivity index (χ1) is 9.11. The van der Waals surface area contributed by atoms with Gasteiger partial charge in [0.15, 0.2) is 0 Å². The van der Waals surface area contributed by atoms with Crippen LogP contribution in [0.25, 0.3) is 0 Å². The van der Waals surface area contributed by atoms with Crippen LogP contribution in [0, 0.1) is 0 Å². The van der Waals surface area contributed by atoms with Crippen LogP contribution in [-0.2, 0) is 11.0 Å². The van der Waals surface area contributed by atoms with Gasteiger partial charge in [-0.05, 0) is 32.0 Å². The highest BCUT2D eigenvalue weighted by atomic mass is 19.4. The van der Waals surface area contributed by atoms with E-state index in [1.807, 2.05) is 13.8 Å². The highest BCUT2D eigenvalue weighted by molar-refractivity contribution is 5.81. The number of nitrogens with zero attached hydrogens (tertiary/aromatic N) is 1. The number of amides is 1. The maximum absolute atomic E-state index is 12.7. The minimum absolute atomic E-state index is 0.0203. The molecule has 0 saturated heterocycles. The molecule has 20 heavy (non-hydrogen) atoms.